The molecule has 7 heteroatoms. The first-order valence-electron chi connectivity index (χ1n) is 9.97. The standard InChI is InChI=1S/C22H22N2O5/c25-21(12-19-16-3-1-2-4-17(16)22(26)29-19)24-9-7-23(8-10-24)13-15-5-6-18-20(11-15)28-14-27-18/h1-6,11,19H,7-10,12-14H2/p+1/t19-/m0/s1. The summed E-state index contributed by atoms with van der Waals surface area (Å²) in [5.74, 6) is 1.31. The molecule has 3 aliphatic rings. The number of cyclic esters (lactones) is 1. The Morgan fingerprint density at radius 1 is 1.07 bits per heavy atom. The van der Waals surface area contributed by atoms with Crippen LogP contribution in [-0.4, -0.2) is 49.7 Å². The number of ether oxygens (including phenoxy) is 3. The van der Waals surface area contributed by atoms with Gasteiger partial charge in [-0.15, -0.1) is 0 Å². The highest BCUT2D eigenvalue weighted by atomic mass is 16.7. The summed E-state index contributed by atoms with van der Waals surface area (Å²) in [6.07, 6.45) is -0.259. The van der Waals surface area contributed by atoms with Crippen LogP contribution in [0.1, 0.15) is 34.0 Å². The van der Waals surface area contributed by atoms with Crippen LogP contribution in [0.2, 0.25) is 0 Å². The summed E-state index contributed by atoms with van der Waals surface area (Å²) >= 11 is 0. The van der Waals surface area contributed by atoms with E-state index in [0.717, 1.165) is 36.7 Å². The van der Waals surface area contributed by atoms with Crippen LogP contribution in [0.4, 0.5) is 0 Å². The average molecular weight is 395 g/mol. The number of quaternary nitrogens is 1. The molecule has 1 fully saturated rings. The van der Waals surface area contributed by atoms with Crippen molar-refractivity contribution in [1.82, 2.24) is 4.90 Å². The molecule has 1 amide bonds. The van der Waals surface area contributed by atoms with Gasteiger partial charge in [-0.1, -0.05) is 18.2 Å². The Kier molecular flexibility index (Phi) is 4.60. The fourth-order valence-electron chi connectivity index (χ4n) is 4.25. The number of amides is 1. The summed E-state index contributed by atoms with van der Waals surface area (Å²) in [7, 11) is 0. The monoisotopic (exact) mass is 395 g/mol. The van der Waals surface area contributed by atoms with Gasteiger partial charge in [-0.25, -0.2) is 4.79 Å². The van der Waals surface area contributed by atoms with Crippen LogP contribution in [-0.2, 0) is 16.1 Å². The molecule has 2 aromatic rings. The highest BCUT2D eigenvalue weighted by Gasteiger charge is 2.34. The van der Waals surface area contributed by atoms with E-state index in [4.69, 9.17) is 14.2 Å². The number of benzene rings is 2. The first-order valence-corrected chi connectivity index (χ1v) is 9.97. The smallest absolute Gasteiger partial charge is 0.339 e. The second-order valence-electron chi connectivity index (χ2n) is 7.68. The largest absolute Gasteiger partial charge is 0.454 e. The van der Waals surface area contributed by atoms with Crippen LogP contribution >= 0.6 is 0 Å². The fraction of sp³-hybridized carbons (Fsp3) is 0.364. The summed E-state index contributed by atoms with van der Waals surface area (Å²) in [4.78, 5) is 28.0. The number of nitrogens with one attached hydrogen (secondary N) is 1. The zero-order valence-corrected chi connectivity index (χ0v) is 16.1. The van der Waals surface area contributed by atoms with Gasteiger partial charge < -0.3 is 24.0 Å². The van der Waals surface area contributed by atoms with E-state index in [9.17, 15) is 9.59 Å². The minimum Gasteiger partial charge on any atom is -0.454 e. The molecule has 7 nitrogen and oxygen atoms in total. The third-order valence-corrected chi connectivity index (χ3v) is 5.85. The minimum atomic E-state index is -0.467. The molecule has 0 saturated carbocycles. The quantitative estimate of drug-likeness (QED) is 0.781. The number of carbonyl (C=O) groups is 2. The van der Waals surface area contributed by atoms with Gasteiger partial charge >= 0.3 is 5.97 Å². The van der Waals surface area contributed by atoms with E-state index in [2.05, 4.69) is 6.07 Å². The van der Waals surface area contributed by atoms with Gasteiger partial charge in [0.15, 0.2) is 11.5 Å². The van der Waals surface area contributed by atoms with E-state index in [1.54, 1.807) is 6.07 Å². The molecule has 29 heavy (non-hydrogen) atoms. The van der Waals surface area contributed by atoms with E-state index in [1.807, 2.05) is 35.2 Å². The third-order valence-electron chi connectivity index (χ3n) is 5.85. The number of rotatable bonds is 4. The predicted octanol–water partition coefficient (Wildman–Crippen LogP) is 0.944. The molecule has 0 aromatic heterocycles. The molecule has 1 N–H and O–H groups in total. The Balaban J connectivity index is 1.15. The maximum Gasteiger partial charge on any atom is 0.339 e. The van der Waals surface area contributed by atoms with Crippen molar-refractivity contribution in [3.8, 4) is 11.5 Å². The summed E-state index contributed by atoms with van der Waals surface area (Å²) < 4.78 is 16.2. The van der Waals surface area contributed by atoms with Crippen molar-refractivity contribution in [1.29, 1.82) is 0 Å². The van der Waals surface area contributed by atoms with Crippen LogP contribution in [0.3, 0.4) is 0 Å². The summed E-state index contributed by atoms with van der Waals surface area (Å²) in [5.41, 5.74) is 2.60. The number of hydrogen-bond acceptors (Lipinski definition) is 5. The molecule has 0 radical (unpaired) electrons. The molecular formula is C22H23N2O5+. The molecule has 1 atom stereocenters. The van der Waals surface area contributed by atoms with Gasteiger partial charge in [0, 0.05) is 11.1 Å². The minimum absolute atomic E-state index is 0.0432. The molecule has 3 heterocycles. The van der Waals surface area contributed by atoms with Crippen molar-refractivity contribution in [3.05, 3.63) is 59.2 Å². The van der Waals surface area contributed by atoms with E-state index in [-0.39, 0.29) is 25.1 Å². The Morgan fingerprint density at radius 3 is 2.72 bits per heavy atom. The van der Waals surface area contributed by atoms with Gasteiger partial charge in [-0.2, -0.15) is 0 Å². The van der Waals surface area contributed by atoms with Gasteiger partial charge in [0.25, 0.3) is 0 Å². The van der Waals surface area contributed by atoms with Crippen molar-refractivity contribution < 1.29 is 28.7 Å². The fourth-order valence-corrected chi connectivity index (χ4v) is 4.25. The van der Waals surface area contributed by atoms with Gasteiger partial charge in [0.2, 0.25) is 12.7 Å². The van der Waals surface area contributed by atoms with Crippen molar-refractivity contribution in [2.45, 2.75) is 19.1 Å². The van der Waals surface area contributed by atoms with Gasteiger partial charge in [0.1, 0.15) is 12.6 Å². The van der Waals surface area contributed by atoms with Crippen LogP contribution in [0.25, 0.3) is 0 Å². The first kappa shape index (κ1) is 18.0. The Bertz CT molecular complexity index is 952. The highest BCUT2D eigenvalue weighted by molar-refractivity contribution is 5.94. The average Bonchev–Trinajstić information content (AvgIpc) is 3.33. The van der Waals surface area contributed by atoms with Crippen molar-refractivity contribution in [2.75, 3.05) is 33.0 Å². The lowest BCUT2D eigenvalue weighted by Gasteiger charge is -2.32. The van der Waals surface area contributed by atoms with Crippen LogP contribution in [0, 0.1) is 0 Å². The molecular weight excluding hydrogens is 372 g/mol. The Morgan fingerprint density at radius 2 is 1.86 bits per heavy atom. The lowest BCUT2D eigenvalue weighted by molar-refractivity contribution is -0.917. The van der Waals surface area contributed by atoms with Crippen LogP contribution < -0.4 is 14.4 Å². The molecule has 0 spiro atoms. The number of fused-ring (bicyclic) bond motifs is 2. The maximum atomic E-state index is 12.8. The second kappa shape index (κ2) is 7.40. The predicted molar refractivity (Wildman–Crippen MR) is 103 cm³/mol. The van der Waals surface area contributed by atoms with Crippen molar-refractivity contribution in [3.63, 3.8) is 0 Å². The van der Waals surface area contributed by atoms with Gasteiger partial charge in [-0.3, -0.25) is 4.79 Å². The number of hydrogen-bond donors (Lipinski definition) is 1. The van der Waals surface area contributed by atoms with E-state index in [1.165, 1.54) is 10.5 Å². The first-order chi connectivity index (χ1) is 14.2. The molecule has 3 aliphatic heterocycles. The summed E-state index contributed by atoms with van der Waals surface area (Å²) in [5, 5.41) is 0. The number of esters is 1. The third kappa shape index (κ3) is 3.53. The molecule has 150 valence electrons. The number of piperazine rings is 1. The molecule has 0 bridgehead atoms. The van der Waals surface area contributed by atoms with E-state index in [0.29, 0.717) is 18.7 Å². The topological polar surface area (TPSA) is 69.5 Å². The molecule has 0 aliphatic carbocycles. The second-order valence-corrected chi connectivity index (χ2v) is 7.68. The zero-order valence-electron chi connectivity index (χ0n) is 16.1. The molecule has 0 unspecified atom stereocenters. The SMILES string of the molecule is O=C1O[C@@H](CC(=O)N2CC[NH+](Cc3ccc4c(c3)OCO4)CC2)c2ccccc21. The maximum absolute atomic E-state index is 12.8. The normalized spacial score (nSPS) is 20.5. The summed E-state index contributed by atoms with van der Waals surface area (Å²) in [6.45, 7) is 4.38. The zero-order chi connectivity index (χ0) is 19.8. The van der Waals surface area contributed by atoms with Crippen molar-refractivity contribution in [2.24, 2.45) is 0 Å². The van der Waals surface area contributed by atoms with Crippen LogP contribution in [0.5, 0.6) is 11.5 Å². The molecule has 2 aromatic carbocycles. The lowest BCUT2D eigenvalue weighted by atomic mass is 10.0. The van der Waals surface area contributed by atoms with Crippen molar-refractivity contribution >= 4 is 11.9 Å². The number of carbonyl (C=O) groups excluding carboxylic acids is 2. The van der Waals surface area contributed by atoms with Crippen LogP contribution in [0.15, 0.2) is 42.5 Å². The van der Waals surface area contributed by atoms with Gasteiger partial charge in [-0.05, 0) is 24.3 Å². The Labute approximate surface area is 168 Å². The Hall–Kier alpha value is -3.06. The highest BCUT2D eigenvalue weighted by Crippen LogP contribution is 2.33. The lowest BCUT2D eigenvalue weighted by Crippen LogP contribution is -3.13. The van der Waals surface area contributed by atoms with Gasteiger partial charge in [0.05, 0.1) is 38.2 Å². The summed E-state index contributed by atoms with van der Waals surface area (Å²) in [6, 6.07) is 13.4. The molecule has 1 saturated heterocycles. The van der Waals surface area contributed by atoms with E-state index >= 15 is 0 Å². The van der Waals surface area contributed by atoms with E-state index < -0.39 is 6.10 Å². The molecule has 5 rings (SSSR count). The number of nitrogens with zero attached hydrogens (tertiary/aromatic N) is 1.